The van der Waals surface area contributed by atoms with E-state index in [1.807, 2.05) is 63.4 Å². The summed E-state index contributed by atoms with van der Waals surface area (Å²) in [7, 11) is -6.54. The van der Waals surface area contributed by atoms with Crippen LogP contribution < -0.4 is 31.9 Å². The molecule has 2 fully saturated rings. The fraction of sp³-hybridized carbons (Fsp3) is 0.500. The van der Waals surface area contributed by atoms with Gasteiger partial charge in [0.15, 0.2) is 9.84 Å². The van der Waals surface area contributed by atoms with E-state index in [-0.39, 0.29) is 53.7 Å². The molecule has 2 heterocycles. The lowest BCUT2D eigenvalue weighted by Crippen LogP contribution is -2.39. The van der Waals surface area contributed by atoms with E-state index in [4.69, 9.17) is 19.2 Å². The summed E-state index contributed by atoms with van der Waals surface area (Å²) >= 11 is 2.94. The Balaban J connectivity index is 0.840. The third kappa shape index (κ3) is 15.9. The molecule has 18 nitrogen and oxygen atoms in total. The summed E-state index contributed by atoms with van der Waals surface area (Å²) < 4.78 is 56.7. The molecule has 5 aromatic rings. The second-order valence-electron chi connectivity index (χ2n) is 20.9. The Morgan fingerprint density at radius 1 is 0.658 bits per heavy atom. The SMILES string of the molecule is CC(C)OC(=O)Nc1ccc(-c2nnc(C3CCC(NC(=O)OC(C)Cc4ccc(CNC(=O)Nc5ccc(-c6cnc(C7CCC(NC(=O)OC(C)C)CC7)s6)c(P(C)(C)=O)c5)cc4)CC3)s2)c(S(=O)(=O)C(C)C)c1. The van der Waals surface area contributed by atoms with Crippen LogP contribution in [0.4, 0.5) is 30.6 Å². The van der Waals surface area contributed by atoms with Crippen molar-refractivity contribution in [2.75, 3.05) is 24.0 Å². The Morgan fingerprint density at radius 3 is 1.80 bits per heavy atom. The fourth-order valence-corrected chi connectivity index (χ4v) is 14.1. The van der Waals surface area contributed by atoms with E-state index in [1.165, 1.54) is 17.4 Å². The van der Waals surface area contributed by atoms with Gasteiger partial charge in [-0.05, 0) is 155 Å². The molecule has 5 amide bonds. The lowest BCUT2D eigenvalue weighted by molar-refractivity contribution is 0.101. The highest BCUT2D eigenvalue weighted by molar-refractivity contribution is 7.92. The highest BCUT2D eigenvalue weighted by Gasteiger charge is 2.31. The first-order valence-corrected chi connectivity index (χ1v) is 31.7. The summed E-state index contributed by atoms with van der Waals surface area (Å²) in [5.74, 6) is 0.367. The molecule has 3 aromatic carbocycles. The summed E-state index contributed by atoms with van der Waals surface area (Å²) in [6, 6.07) is 17.5. The first kappa shape index (κ1) is 57.8. The first-order chi connectivity index (χ1) is 36.0. The molecular weight excluding hydrogens is 1050 g/mol. The van der Waals surface area contributed by atoms with Gasteiger partial charge in [-0.3, -0.25) is 5.32 Å². The topological polar surface area (TPSA) is 246 Å². The van der Waals surface area contributed by atoms with Gasteiger partial charge in [0, 0.05) is 70.9 Å². The van der Waals surface area contributed by atoms with Crippen molar-refractivity contribution in [1.82, 2.24) is 31.1 Å². The Bertz CT molecular complexity index is 3000. The smallest absolute Gasteiger partial charge is 0.411 e. The van der Waals surface area contributed by atoms with Gasteiger partial charge >= 0.3 is 24.3 Å². The molecule has 1 atom stereocenters. The maximum atomic E-state index is 13.6. The second kappa shape index (κ2) is 25.5. The van der Waals surface area contributed by atoms with Crippen molar-refractivity contribution < 1.29 is 46.4 Å². The summed E-state index contributed by atoms with van der Waals surface area (Å²) in [6.07, 6.45) is 6.27. The number of urea groups is 1. The van der Waals surface area contributed by atoms with Gasteiger partial charge in [-0.25, -0.2) is 32.6 Å². The van der Waals surface area contributed by atoms with E-state index in [2.05, 4.69) is 36.8 Å². The molecule has 5 N–H and O–H groups in total. The number of amides is 5. The lowest BCUT2D eigenvalue weighted by atomic mass is 9.86. The van der Waals surface area contributed by atoms with Crippen LogP contribution in [0.5, 0.6) is 0 Å². The van der Waals surface area contributed by atoms with Crippen molar-refractivity contribution in [3.8, 4) is 21.0 Å². The number of alkyl carbamates (subject to hydrolysis) is 2. The maximum Gasteiger partial charge on any atom is 0.411 e. The van der Waals surface area contributed by atoms with Crippen molar-refractivity contribution in [2.45, 2.75) is 165 Å². The van der Waals surface area contributed by atoms with Gasteiger partial charge in [-0.2, -0.15) is 0 Å². The molecule has 2 aliphatic rings. The Kier molecular flexibility index (Phi) is 19.4. The highest BCUT2D eigenvalue weighted by atomic mass is 32.2. The number of ether oxygens (including phenoxy) is 3. The molecule has 2 saturated carbocycles. The Hall–Kier alpha value is -5.89. The molecule has 22 heteroatoms. The highest BCUT2D eigenvalue weighted by Crippen LogP contribution is 2.44. The van der Waals surface area contributed by atoms with Gasteiger partial charge in [0.25, 0.3) is 0 Å². The largest absolute Gasteiger partial charge is 0.447 e. The summed E-state index contributed by atoms with van der Waals surface area (Å²) in [6.45, 7) is 15.9. The van der Waals surface area contributed by atoms with Crippen LogP contribution in [0.3, 0.4) is 0 Å². The van der Waals surface area contributed by atoms with Gasteiger partial charge in [0.05, 0.1) is 32.2 Å². The minimum atomic E-state index is -3.76. The van der Waals surface area contributed by atoms with E-state index in [0.29, 0.717) is 46.5 Å². The van der Waals surface area contributed by atoms with Crippen LogP contribution in [0.25, 0.3) is 21.0 Å². The van der Waals surface area contributed by atoms with Crippen LogP contribution in [0.1, 0.15) is 133 Å². The first-order valence-electron chi connectivity index (χ1n) is 25.9. The standard InChI is InChI=1S/C54H71N8O10PS3/c1-31(2)70-52(64)58-39-18-14-37(15-19-39)48-55-30-46(74-48)43-24-22-41(27-45(43)73(8,9)67)57-51(63)56-29-36-12-10-35(11-13-36)26-34(7)72-54(66)59-40-20-16-38(17-21-40)49-61-62-50(75-49)44-25-23-42(60-53(65)71-32(3)4)28-47(44)76(68,69)33(5)6/h10-13,22-25,27-28,30-34,37-40H,14-21,26,29H2,1-9H3,(H,58,64)(H,59,66)(H,60,65)(H2,56,57,63). The number of rotatable bonds is 18. The number of benzene rings is 3. The van der Waals surface area contributed by atoms with E-state index < -0.39 is 46.6 Å². The molecule has 0 radical (unpaired) electrons. The number of nitrogens with zero attached hydrogens (tertiary/aromatic N) is 3. The summed E-state index contributed by atoms with van der Waals surface area (Å²) in [5.41, 5.74) is 3.91. The number of hydrogen-bond acceptors (Lipinski definition) is 15. The number of carbonyl (C=O) groups excluding carboxylic acids is 4. The van der Waals surface area contributed by atoms with Crippen LogP contribution >= 0.6 is 29.8 Å². The molecule has 1 unspecified atom stereocenters. The van der Waals surface area contributed by atoms with Crippen LogP contribution in [0.15, 0.2) is 71.8 Å². The van der Waals surface area contributed by atoms with Crippen molar-refractivity contribution in [2.24, 2.45) is 0 Å². The van der Waals surface area contributed by atoms with Gasteiger partial charge in [-0.15, -0.1) is 21.5 Å². The predicted octanol–water partition coefficient (Wildman–Crippen LogP) is 11.6. The van der Waals surface area contributed by atoms with Crippen LogP contribution in [0, 0.1) is 0 Å². The van der Waals surface area contributed by atoms with Crippen LogP contribution in [-0.2, 0) is 41.6 Å². The van der Waals surface area contributed by atoms with E-state index in [1.54, 1.807) is 70.6 Å². The Labute approximate surface area is 454 Å². The van der Waals surface area contributed by atoms with Crippen molar-refractivity contribution in [3.63, 3.8) is 0 Å². The number of sulfone groups is 1. The molecule has 0 bridgehead atoms. The normalized spacial score (nSPS) is 18.4. The van der Waals surface area contributed by atoms with Gasteiger partial charge in [0.2, 0.25) is 0 Å². The Morgan fingerprint density at radius 2 is 1.21 bits per heavy atom. The third-order valence-electron chi connectivity index (χ3n) is 13.2. The van der Waals surface area contributed by atoms with Crippen LogP contribution in [0.2, 0.25) is 0 Å². The minimum Gasteiger partial charge on any atom is -0.447 e. The minimum absolute atomic E-state index is 0.0544. The molecule has 0 saturated heterocycles. The van der Waals surface area contributed by atoms with E-state index in [0.717, 1.165) is 70.1 Å². The summed E-state index contributed by atoms with van der Waals surface area (Å²) in [5, 5.41) is 25.5. The molecule has 2 aliphatic carbocycles. The second-order valence-corrected chi connectivity index (χ2v) is 28.6. The van der Waals surface area contributed by atoms with E-state index >= 15 is 0 Å². The zero-order chi connectivity index (χ0) is 54.9. The lowest BCUT2D eigenvalue weighted by Gasteiger charge is -2.28. The molecule has 7 rings (SSSR count). The quantitative estimate of drug-likeness (QED) is 0.0405. The average Bonchev–Trinajstić information content (AvgIpc) is 4.05. The van der Waals surface area contributed by atoms with Crippen molar-refractivity contribution in [3.05, 3.63) is 88.0 Å². The van der Waals surface area contributed by atoms with E-state index in [9.17, 15) is 32.2 Å². The molecule has 0 spiro atoms. The fourth-order valence-electron chi connectivity index (χ4n) is 9.29. The van der Waals surface area contributed by atoms with Gasteiger partial charge in [0.1, 0.15) is 23.3 Å². The number of anilines is 2. The number of aromatic nitrogens is 3. The molecule has 2 aromatic heterocycles. The maximum absolute atomic E-state index is 13.6. The molecule has 410 valence electrons. The van der Waals surface area contributed by atoms with Crippen molar-refractivity contribution in [1.29, 1.82) is 0 Å². The number of carbonyl (C=O) groups is 4. The monoisotopic (exact) mass is 1120 g/mol. The molecule has 76 heavy (non-hydrogen) atoms. The molecule has 0 aliphatic heterocycles. The molecular formula is C54H71N8O10PS3. The average molecular weight is 1120 g/mol. The zero-order valence-corrected chi connectivity index (χ0v) is 48.0. The van der Waals surface area contributed by atoms with Gasteiger partial charge < -0.3 is 40.0 Å². The number of hydrogen-bond donors (Lipinski definition) is 5. The number of thiazole rings is 1. The third-order valence-corrected chi connectivity index (χ3v) is 19.3. The van der Waals surface area contributed by atoms with Crippen molar-refractivity contribution >= 4 is 80.6 Å². The number of nitrogens with one attached hydrogen (secondary N) is 5. The zero-order valence-electron chi connectivity index (χ0n) is 44.6. The predicted molar refractivity (Wildman–Crippen MR) is 299 cm³/mol. The van der Waals surface area contributed by atoms with Gasteiger partial charge in [-0.1, -0.05) is 41.7 Å². The summed E-state index contributed by atoms with van der Waals surface area (Å²) in [4.78, 5) is 56.2. The van der Waals surface area contributed by atoms with Crippen LogP contribution in [-0.4, -0.2) is 96.9 Å².